The summed E-state index contributed by atoms with van der Waals surface area (Å²) in [7, 11) is 0. The van der Waals surface area contributed by atoms with Crippen molar-refractivity contribution >= 4 is 0 Å². The second kappa shape index (κ2) is 10.2. The van der Waals surface area contributed by atoms with Gasteiger partial charge in [0.25, 0.3) is 0 Å². The summed E-state index contributed by atoms with van der Waals surface area (Å²) in [6.45, 7) is 2.38. The van der Waals surface area contributed by atoms with E-state index in [-0.39, 0.29) is 0 Å². The number of aryl methyl sites for hydroxylation is 1. The van der Waals surface area contributed by atoms with Gasteiger partial charge in [-0.1, -0.05) is 110 Å². The van der Waals surface area contributed by atoms with Gasteiger partial charge in [0.15, 0.2) is 0 Å². The zero-order valence-corrected chi connectivity index (χ0v) is 19.7. The van der Waals surface area contributed by atoms with E-state index in [4.69, 9.17) is 0 Å². The molecule has 0 aliphatic heterocycles. The molecule has 3 aliphatic carbocycles. The summed E-state index contributed by atoms with van der Waals surface area (Å²) < 4.78 is 0. The Morgan fingerprint density at radius 1 is 0.818 bits per heavy atom. The van der Waals surface area contributed by atoms with Gasteiger partial charge in [0.2, 0.25) is 0 Å². The van der Waals surface area contributed by atoms with Crippen molar-refractivity contribution in [2.24, 2.45) is 11.8 Å². The third kappa shape index (κ3) is 5.28. The number of benzene rings is 2. The highest BCUT2D eigenvalue weighted by atomic mass is 14.3. The largest absolute Gasteiger partial charge is 0.0836 e. The molecule has 0 saturated heterocycles. The number of hydrogen-bond donors (Lipinski definition) is 0. The molecule has 33 heavy (non-hydrogen) atoms. The smallest absolute Gasteiger partial charge is 0.0281 e. The second-order valence-electron chi connectivity index (χ2n) is 9.76. The van der Waals surface area contributed by atoms with Gasteiger partial charge in [-0.05, 0) is 83.4 Å². The van der Waals surface area contributed by atoms with Gasteiger partial charge >= 0.3 is 0 Å². The monoisotopic (exact) mass is 430 g/mol. The Morgan fingerprint density at radius 3 is 2.42 bits per heavy atom. The lowest BCUT2D eigenvalue weighted by Gasteiger charge is -2.26. The third-order valence-electron chi connectivity index (χ3n) is 7.18. The molecule has 0 amide bonds. The molecular formula is C33H34. The fourth-order valence-corrected chi connectivity index (χ4v) is 5.29. The van der Waals surface area contributed by atoms with Crippen LogP contribution in [0.25, 0.3) is 0 Å². The van der Waals surface area contributed by atoms with Crippen molar-refractivity contribution in [1.29, 1.82) is 0 Å². The molecule has 2 atom stereocenters. The van der Waals surface area contributed by atoms with Crippen LogP contribution in [-0.2, 0) is 19.3 Å². The van der Waals surface area contributed by atoms with Crippen LogP contribution in [0.3, 0.4) is 0 Å². The van der Waals surface area contributed by atoms with Crippen molar-refractivity contribution in [3.63, 3.8) is 0 Å². The van der Waals surface area contributed by atoms with Crippen LogP contribution >= 0.6 is 0 Å². The van der Waals surface area contributed by atoms with Crippen molar-refractivity contribution in [2.75, 3.05) is 0 Å². The first-order chi connectivity index (χ1) is 16.3. The Hall–Kier alpha value is -3.12. The molecule has 0 heteroatoms. The molecule has 0 saturated carbocycles. The van der Waals surface area contributed by atoms with E-state index in [9.17, 15) is 0 Å². The Balaban J connectivity index is 1.21. The van der Waals surface area contributed by atoms with Crippen LogP contribution in [0.5, 0.6) is 0 Å². The highest BCUT2D eigenvalue weighted by Crippen LogP contribution is 2.40. The van der Waals surface area contributed by atoms with Crippen molar-refractivity contribution in [1.82, 2.24) is 0 Å². The van der Waals surface area contributed by atoms with Gasteiger partial charge in [-0.25, -0.2) is 0 Å². The maximum absolute atomic E-state index is 2.40. The second-order valence-corrected chi connectivity index (χ2v) is 9.76. The lowest BCUT2D eigenvalue weighted by Crippen LogP contribution is -2.12. The minimum absolute atomic E-state index is 0.420. The van der Waals surface area contributed by atoms with Crippen LogP contribution in [-0.4, -0.2) is 0 Å². The fraction of sp³-hybridized carbons (Fsp3) is 0.273. The number of allylic oxidation sites excluding steroid dienone is 12. The fourth-order valence-electron chi connectivity index (χ4n) is 5.29. The highest BCUT2D eigenvalue weighted by molar-refractivity contribution is 5.60. The van der Waals surface area contributed by atoms with Crippen molar-refractivity contribution in [3.8, 4) is 0 Å². The van der Waals surface area contributed by atoms with Gasteiger partial charge in [-0.15, -0.1) is 0 Å². The van der Waals surface area contributed by atoms with Crippen molar-refractivity contribution < 1.29 is 0 Å². The SMILES string of the molecule is CC(CCc1ccccc1)Cc1ccc(CC2=CC=C(C3=CCCC=C3)C3C=CC=C23)cc1. The minimum atomic E-state index is 0.420. The molecular weight excluding hydrogens is 396 g/mol. The topological polar surface area (TPSA) is 0 Å². The average molecular weight is 431 g/mol. The molecule has 0 heterocycles. The van der Waals surface area contributed by atoms with Gasteiger partial charge in [0.1, 0.15) is 0 Å². The number of fused-ring (bicyclic) bond motifs is 1. The van der Waals surface area contributed by atoms with Crippen LogP contribution in [0, 0.1) is 11.8 Å². The van der Waals surface area contributed by atoms with Gasteiger partial charge in [-0.3, -0.25) is 0 Å². The first-order valence-corrected chi connectivity index (χ1v) is 12.5. The molecule has 0 aromatic heterocycles. The van der Waals surface area contributed by atoms with E-state index in [2.05, 4.69) is 110 Å². The minimum Gasteiger partial charge on any atom is -0.0836 e. The quantitative estimate of drug-likeness (QED) is 0.395. The molecule has 5 rings (SSSR count). The molecule has 166 valence electrons. The maximum Gasteiger partial charge on any atom is 0.0281 e. The summed E-state index contributed by atoms with van der Waals surface area (Å²) in [5.74, 6) is 1.11. The van der Waals surface area contributed by atoms with Crippen LogP contribution in [0.4, 0.5) is 0 Å². The Kier molecular flexibility index (Phi) is 6.72. The van der Waals surface area contributed by atoms with Gasteiger partial charge in [0.05, 0.1) is 0 Å². The molecule has 0 spiro atoms. The lowest BCUT2D eigenvalue weighted by molar-refractivity contribution is 0.530. The van der Waals surface area contributed by atoms with Crippen molar-refractivity contribution in [3.05, 3.63) is 142 Å². The predicted octanol–water partition coefficient (Wildman–Crippen LogP) is 8.30. The molecule has 3 aliphatic rings. The molecule has 0 nitrogen and oxygen atoms in total. The number of hydrogen-bond acceptors (Lipinski definition) is 0. The molecule has 2 aromatic carbocycles. The summed E-state index contributed by atoms with van der Waals surface area (Å²) in [5, 5.41) is 0. The highest BCUT2D eigenvalue weighted by Gasteiger charge is 2.26. The normalized spacial score (nSPS) is 20.0. The molecule has 0 radical (unpaired) electrons. The molecule has 0 bridgehead atoms. The van der Waals surface area contributed by atoms with Crippen LogP contribution in [0.15, 0.2) is 125 Å². The molecule has 0 fully saturated rings. The lowest BCUT2D eigenvalue weighted by atomic mass is 9.78. The van der Waals surface area contributed by atoms with E-state index < -0.39 is 0 Å². The van der Waals surface area contributed by atoms with E-state index in [0.29, 0.717) is 11.8 Å². The molecule has 0 N–H and O–H groups in total. The van der Waals surface area contributed by atoms with E-state index in [1.807, 2.05) is 0 Å². The number of rotatable bonds is 8. The van der Waals surface area contributed by atoms with Gasteiger partial charge in [0, 0.05) is 5.92 Å². The summed E-state index contributed by atoms with van der Waals surface area (Å²) in [6.07, 6.45) is 25.5. The average Bonchev–Trinajstić information content (AvgIpc) is 3.36. The third-order valence-corrected chi connectivity index (χ3v) is 7.18. The van der Waals surface area contributed by atoms with E-state index in [1.165, 1.54) is 58.2 Å². The van der Waals surface area contributed by atoms with E-state index >= 15 is 0 Å². The Morgan fingerprint density at radius 2 is 1.64 bits per heavy atom. The summed E-state index contributed by atoms with van der Waals surface area (Å²) >= 11 is 0. The van der Waals surface area contributed by atoms with E-state index in [1.54, 1.807) is 0 Å². The van der Waals surface area contributed by atoms with Gasteiger partial charge in [-0.2, -0.15) is 0 Å². The molecule has 2 unspecified atom stereocenters. The first kappa shape index (κ1) is 21.7. The summed E-state index contributed by atoms with van der Waals surface area (Å²) in [5.41, 5.74) is 10.1. The summed E-state index contributed by atoms with van der Waals surface area (Å²) in [6, 6.07) is 20.2. The van der Waals surface area contributed by atoms with Crippen LogP contribution in [0.1, 0.15) is 42.9 Å². The van der Waals surface area contributed by atoms with Crippen molar-refractivity contribution in [2.45, 2.75) is 45.4 Å². The van der Waals surface area contributed by atoms with Gasteiger partial charge < -0.3 is 0 Å². The van der Waals surface area contributed by atoms with Crippen LogP contribution < -0.4 is 0 Å². The van der Waals surface area contributed by atoms with Crippen LogP contribution in [0.2, 0.25) is 0 Å². The standard InChI is InChI=1S/C33H34/c1-25(15-16-26-9-4-2-5-10-26)23-27-17-19-28(20-18-27)24-30-21-22-32(29-11-6-3-7-12-29)33-14-8-13-31(30)33/h2,4-6,8-14,17-22,25,33H,3,7,15-16,23-24H2,1H3. The van der Waals surface area contributed by atoms with E-state index in [0.717, 1.165) is 19.3 Å². The Labute approximate surface area is 199 Å². The first-order valence-electron chi connectivity index (χ1n) is 12.5. The Bertz CT molecular complexity index is 1150. The predicted molar refractivity (Wildman–Crippen MR) is 141 cm³/mol. The maximum atomic E-state index is 2.40. The zero-order chi connectivity index (χ0) is 22.5. The zero-order valence-electron chi connectivity index (χ0n) is 19.7. The molecule has 2 aromatic rings. The summed E-state index contributed by atoms with van der Waals surface area (Å²) in [4.78, 5) is 0.